The Balaban J connectivity index is 2.70. The van der Waals surface area contributed by atoms with Crippen molar-refractivity contribution in [2.24, 2.45) is 0 Å². The van der Waals surface area contributed by atoms with Crippen LogP contribution < -0.4 is 10.1 Å². The molecular formula is C16H26N2O2. The van der Waals surface area contributed by atoms with E-state index in [9.17, 15) is 4.79 Å². The van der Waals surface area contributed by atoms with Crippen LogP contribution >= 0.6 is 0 Å². The summed E-state index contributed by atoms with van der Waals surface area (Å²) in [4.78, 5) is 14.0. The lowest BCUT2D eigenvalue weighted by molar-refractivity contribution is -0.131. The molecule has 1 rings (SSSR count). The Bertz CT molecular complexity index is 434. The number of para-hydroxylation sites is 1. The third kappa shape index (κ3) is 4.23. The molecule has 0 radical (unpaired) electrons. The van der Waals surface area contributed by atoms with Crippen LogP contribution in [-0.4, -0.2) is 37.6 Å². The number of rotatable bonds is 7. The van der Waals surface area contributed by atoms with Gasteiger partial charge in [-0.1, -0.05) is 25.1 Å². The van der Waals surface area contributed by atoms with Crippen molar-refractivity contribution in [2.45, 2.75) is 39.3 Å². The van der Waals surface area contributed by atoms with Gasteiger partial charge in [0, 0.05) is 18.7 Å². The number of carbonyl (C=O) groups is 1. The summed E-state index contributed by atoms with van der Waals surface area (Å²) in [6.07, 6.45) is 1.01. The highest BCUT2D eigenvalue weighted by molar-refractivity contribution is 5.78. The Labute approximate surface area is 122 Å². The van der Waals surface area contributed by atoms with Gasteiger partial charge in [0.2, 0.25) is 5.91 Å². The summed E-state index contributed by atoms with van der Waals surface area (Å²) in [5.74, 6) is 0.901. The lowest BCUT2D eigenvalue weighted by Crippen LogP contribution is -2.40. The van der Waals surface area contributed by atoms with Crippen LogP contribution in [0, 0.1) is 0 Å². The van der Waals surface area contributed by atoms with Gasteiger partial charge in [-0.15, -0.1) is 0 Å². The van der Waals surface area contributed by atoms with Crippen LogP contribution in [-0.2, 0) is 4.79 Å². The van der Waals surface area contributed by atoms with Gasteiger partial charge in [0.1, 0.15) is 5.75 Å². The van der Waals surface area contributed by atoms with Gasteiger partial charge < -0.3 is 15.0 Å². The minimum Gasteiger partial charge on any atom is -0.496 e. The van der Waals surface area contributed by atoms with E-state index in [1.165, 1.54) is 0 Å². The molecule has 0 aliphatic heterocycles. The zero-order valence-electron chi connectivity index (χ0n) is 13.1. The average molecular weight is 278 g/mol. The van der Waals surface area contributed by atoms with Gasteiger partial charge in [-0.05, 0) is 26.3 Å². The number of hydrogen-bond donors (Lipinski definition) is 1. The molecule has 0 aromatic heterocycles. The number of likely N-dealkylation sites (N-methyl/N-ethyl adjacent to an activating group) is 1. The predicted molar refractivity (Wildman–Crippen MR) is 81.9 cm³/mol. The summed E-state index contributed by atoms with van der Waals surface area (Å²) >= 11 is 0. The first kappa shape index (κ1) is 16.5. The van der Waals surface area contributed by atoms with Crippen molar-refractivity contribution in [3.8, 4) is 5.75 Å². The Kier molecular flexibility index (Phi) is 6.52. The van der Waals surface area contributed by atoms with Crippen molar-refractivity contribution in [1.29, 1.82) is 0 Å². The second-order valence-corrected chi connectivity index (χ2v) is 5.11. The molecule has 112 valence electrons. The maximum atomic E-state index is 12.2. The van der Waals surface area contributed by atoms with E-state index in [-0.39, 0.29) is 11.9 Å². The third-order valence-electron chi connectivity index (χ3n) is 3.78. The van der Waals surface area contributed by atoms with E-state index >= 15 is 0 Å². The maximum absolute atomic E-state index is 12.2. The van der Waals surface area contributed by atoms with Gasteiger partial charge in [0.25, 0.3) is 0 Å². The van der Waals surface area contributed by atoms with Crippen LogP contribution in [0.1, 0.15) is 38.8 Å². The molecule has 0 heterocycles. The highest BCUT2D eigenvalue weighted by Gasteiger charge is 2.20. The van der Waals surface area contributed by atoms with Crippen LogP contribution in [0.15, 0.2) is 24.3 Å². The molecule has 0 aliphatic rings. The molecule has 20 heavy (non-hydrogen) atoms. The Morgan fingerprint density at radius 3 is 2.60 bits per heavy atom. The van der Waals surface area contributed by atoms with Gasteiger partial charge in [-0.25, -0.2) is 0 Å². The van der Waals surface area contributed by atoms with E-state index in [4.69, 9.17) is 4.74 Å². The Morgan fingerprint density at radius 1 is 1.35 bits per heavy atom. The fourth-order valence-electron chi connectivity index (χ4n) is 1.97. The molecule has 2 unspecified atom stereocenters. The molecule has 1 amide bonds. The van der Waals surface area contributed by atoms with E-state index in [2.05, 4.69) is 19.2 Å². The molecule has 0 fully saturated rings. The molecule has 1 N–H and O–H groups in total. The largest absolute Gasteiger partial charge is 0.496 e. The van der Waals surface area contributed by atoms with Crippen molar-refractivity contribution >= 4 is 5.91 Å². The van der Waals surface area contributed by atoms with Crippen molar-refractivity contribution in [2.75, 3.05) is 20.7 Å². The lowest BCUT2D eigenvalue weighted by atomic mass is 10.1. The van der Waals surface area contributed by atoms with E-state index in [0.29, 0.717) is 12.6 Å². The summed E-state index contributed by atoms with van der Waals surface area (Å²) < 4.78 is 5.36. The predicted octanol–water partition coefficient (Wildman–Crippen LogP) is 2.60. The van der Waals surface area contributed by atoms with E-state index in [1.807, 2.05) is 38.2 Å². The fraction of sp³-hybridized carbons (Fsp3) is 0.562. The molecule has 0 aliphatic carbocycles. The van der Waals surface area contributed by atoms with Gasteiger partial charge in [-0.2, -0.15) is 0 Å². The first-order chi connectivity index (χ1) is 9.51. The van der Waals surface area contributed by atoms with Crippen LogP contribution in [0.3, 0.4) is 0 Å². The number of amides is 1. The standard InChI is InChI=1S/C16H26N2O2/c1-6-12(2)17-11-16(19)18(4)13(3)14-9-7-8-10-15(14)20-5/h7-10,12-13,17H,6,11H2,1-5H3. The zero-order valence-corrected chi connectivity index (χ0v) is 13.1. The molecule has 2 atom stereocenters. The molecule has 0 saturated heterocycles. The fourth-order valence-corrected chi connectivity index (χ4v) is 1.97. The van der Waals surface area contributed by atoms with Crippen LogP contribution in [0.25, 0.3) is 0 Å². The number of hydrogen-bond acceptors (Lipinski definition) is 3. The van der Waals surface area contributed by atoms with Gasteiger partial charge in [0.15, 0.2) is 0 Å². The van der Waals surface area contributed by atoms with Crippen molar-refractivity contribution in [3.63, 3.8) is 0 Å². The molecule has 1 aromatic rings. The molecule has 0 bridgehead atoms. The number of nitrogens with one attached hydrogen (secondary N) is 1. The molecule has 4 nitrogen and oxygen atoms in total. The number of carbonyl (C=O) groups excluding carboxylic acids is 1. The molecule has 0 saturated carbocycles. The van der Waals surface area contributed by atoms with Crippen LogP contribution in [0.2, 0.25) is 0 Å². The minimum atomic E-state index is -0.0163. The molecule has 4 heteroatoms. The number of nitrogens with zero attached hydrogens (tertiary/aromatic N) is 1. The van der Waals surface area contributed by atoms with E-state index < -0.39 is 0 Å². The first-order valence-electron chi connectivity index (χ1n) is 7.13. The summed E-state index contributed by atoms with van der Waals surface area (Å²) in [5.41, 5.74) is 1.02. The smallest absolute Gasteiger partial charge is 0.236 e. The maximum Gasteiger partial charge on any atom is 0.236 e. The van der Waals surface area contributed by atoms with Crippen molar-refractivity contribution < 1.29 is 9.53 Å². The first-order valence-corrected chi connectivity index (χ1v) is 7.13. The summed E-state index contributed by atoms with van der Waals surface area (Å²) in [7, 11) is 3.48. The second kappa shape index (κ2) is 7.90. The highest BCUT2D eigenvalue weighted by Crippen LogP contribution is 2.27. The second-order valence-electron chi connectivity index (χ2n) is 5.11. The highest BCUT2D eigenvalue weighted by atomic mass is 16.5. The zero-order chi connectivity index (χ0) is 15.1. The van der Waals surface area contributed by atoms with Crippen LogP contribution in [0.4, 0.5) is 0 Å². The van der Waals surface area contributed by atoms with Crippen molar-refractivity contribution in [1.82, 2.24) is 10.2 Å². The molecule has 0 spiro atoms. The quantitative estimate of drug-likeness (QED) is 0.833. The van der Waals surface area contributed by atoms with Gasteiger partial charge in [0.05, 0.1) is 19.7 Å². The topological polar surface area (TPSA) is 41.6 Å². The third-order valence-corrected chi connectivity index (χ3v) is 3.78. The summed E-state index contributed by atoms with van der Waals surface area (Å²) in [5, 5.41) is 3.23. The van der Waals surface area contributed by atoms with Gasteiger partial charge >= 0.3 is 0 Å². The van der Waals surface area contributed by atoms with Crippen LogP contribution in [0.5, 0.6) is 5.75 Å². The monoisotopic (exact) mass is 278 g/mol. The van der Waals surface area contributed by atoms with E-state index in [0.717, 1.165) is 17.7 Å². The van der Waals surface area contributed by atoms with Gasteiger partial charge in [-0.3, -0.25) is 4.79 Å². The summed E-state index contributed by atoms with van der Waals surface area (Å²) in [6.45, 7) is 6.56. The Hall–Kier alpha value is -1.55. The van der Waals surface area contributed by atoms with E-state index in [1.54, 1.807) is 12.0 Å². The molecular weight excluding hydrogens is 252 g/mol. The molecule has 1 aromatic carbocycles. The summed E-state index contributed by atoms with van der Waals surface area (Å²) in [6, 6.07) is 8.15. The number of benzene rings is 1. The number of ether oxygens (including phenoxy) is 1. The Morgan fingerprint density at radius 2 is 2.00 bits per heavy atom. The van der Waals surface area contributed by atoms with Crippen molar-refractivity contribution in [3.05, 3.63) is 29.8 Å². The lowest BCUT2D eigenvalue weighted by Gasteiger charge is -2.27. The number of methoxy groups -OCH3 is 1. The average Bonchev–Trinajstić information content (AvgIpc) is 2.50. The minimum absolute atomic E-state index is 0.0163. The normalized spacial score (nSPS) is 13.7. The SMILES string of the molecule is CCC(C)NCC(=O)N(C)C(C)c1ccccc1OC.